The van der Waals surface area contributed by atoms with Crippen molar-refractivity contribution < 1.29 is 57.8 Å². The molecule has 2 aromatic carbocycles. The fourth-order valence-electron chi connectivity index (χ4n) is 6.02. The zero-order valence-corrected chi connectivity index (χ0v) is 32.7. The van der Waals surface area contributed by atoms with Crippen molar-refractivity contribution in [2.45, 2.75) is 90.8 Å². The van der Waals surface area contributed by atoms with Crippen molar-refractivity contribution >= 4 is 42.2 Å². The summed E-state index contributed by atoms with van der Waals surface area (Å²) in [5.41, 5.74) is 0.351. The summed E-state index contributed by atoms with van der Waals surface area (Å²) < 4.78 is 11.3. The number of furan rings is 1. The third-order valence-corrected chi connectivity index (χ3v) is 9.00. The first-order valence-electron chi connectivity index (χ1n) is 18.6. The zero-order valence-electron chi connectivity index (χ0n) is 32.7. The molecule has 1 heterocycles. The normalized spacial score (nSPS) is 12.6. The Kier molecular flexibility index (Phi) is 17.1. The maximum absolute atomic E-state index is 13.6. The van der Waals surface area contributed by atoms with Gasteiger partial charge in [-0.1, -0.05) is 69.5 Å². The molecule has 17 nitrogen and oxygen atoms in total. The number of carbonyl (C=O) groups is 7. The molecule has 3 atom stereocenters. The molecule has 17 heteroatoms. The van der Waals surface area contributed by atoms with Gasteiger partial charge >= 0.3 is 18.0 Å². The van der Waals surface area contributed by atoms with Gasteiger partial charge in [-0.3, -0.25) is 24.0 Å². The van der Waals surface area contributed by atoms with Crippen LogP contribution in [0.5, 0.6) is 5.75 Å². The fraction of sp³-hybridized carbons (Fsp3) is 0.425. The van der Waals surface area contributed by atoms with E-state index in [-0.39, 0.29) is 42.5 Å². The Bertz CT molecular complexity index is 1860. The van der Waals surface area contributed by atoms with E-state index in [1.165, 1.54) is 30.3 Å². The number of benzene rings is 2. The van der Waals surface area contributed by atoms with Crippen LogP contribution in [0, 0.1) is 5.92 Å². The lowest BCUT2D eigenvalue weighted by Gasteiger charge is -2.33. The van der Waals surface area contributed by atoms with Gasteiger partial charge in [0.15, 0.2) is 5.76 Å². The molecule has 0 aliphatic carbocycles. The monoisotopic (exact) mass is 793 g/mol. The maximum Gasteiger partial charge on any atom is 0.432 e. The van der Waals surface area contributed by atoms with Crippen molar-refractivity contribution in [3.05, 3.63) is 77.6 Å². The van der Waals surface area contributed by atoms with E-state index in [0.29, 0.717) is 24.8 Å². The molecule has 0 aliphatic heterocycles. The molecule has 3 aromatic rings. The predicted octanol–water partition coefficient (Wildman–Crippen LogP) is 4.82. The van der Waals surface area contributed by atoms with Gasteiger partial charge in [-0.25, -0.2) is 9.59 Å². The van der Waals surface area contributed by atoms with Crippen molar-refractivity contribution in [2.75, 3.05) is 13.3 Å². The van der Waals surface area contributed by atoms with Crippen molar-refractivity contribution in [2.24, 2.45) is 5.92 Å². The summed E-state index contributed by atoms with van der Waals surface area (Å²) in [5.74, 6) is -5.52. The van der Waals surface area contributed by atoms with E-state index >= 15 is 0 Å². The van der Waals surface area contributed by atoms with Gasteiger partial charge < -0.3 is 45.5 Å². The Morgan fingerprint density at radius 2 is 1.63 bits per heavy atom. The van der Waals surface area contributed by atoms with Gasteiger partial charge in [0.2, 0.25) is 12.3 Å². The van der Waals surface area contributed by atoms with E-state index in [2.05, 4.69) is 21.3 Å². The van der Waals surface area contributed by atoms with Crippen LogP contribution in [0.25, 0.3) is 11.3 Å². The van der Waals surface area contributed by atoms with E-state index < -0.39 is 65.7 Å². The molecule has 57 heavy (non-hydrogen) atoms. The SMILES string of the molecule is CCCCCC(C(=O)NCNC(=O)c1ccc(-c2ccc(C(=O)NC(CC(=O)O)C(=O)O)c(OCC)c2)o1)C(CC)N(C=O)OC(=O)NC(C)(C)c1ccccc1. The lowest BCUT2D eigenvalue weighted by atomic mass is 9.90. The third kappa shape index (κ3) is 13.1. The lowest BCUT2D eigenvalue weighted by Crippen LogP contribution is -2.51. The van der Waals surface area contributed by atoms with Crippen LogP contribution < -0.4 is 26.0 Å². The number of hydroxylamine groups is 2. The molecule has 0 spiro atoms. The summed E-state index contributed by atoms with van der Waals surface area (Å²) in [6.45, 7) is 8.88. The Morgan fingerprint density at radius 1 is 0.912 bits per heavy atom. The van der Waals surface area contributed by atoms with E-state index in [1.54, 1.807) is 27.7 Å². The quantitative estimate of drug-likeness (QED) is 0.0328. The summed E-state index contributed by atoms with van der Waals surface area (Å²) in [4.78, 5) is 92.7. The number of amides is 5. The Balaban J connectivity index is 1.68. The van der Waals surface area contributed by atoms with Crippen LogP contribution in [0.3, 0.4) is 0 Å². The Morgan fingerprint density at radius 3 is 2.25 bits per heavy atom. The number of nitrogens with one attached hydrogen (secondary N) is 4. The number of carboxylic acids is 2. The van der Waals surface area contributed by atoms with Crippen LogP contribution in [0.2, 0.25) is 0 Å². The van der Waals surface area contributed by atoms with Crippen molar-refractivity contribution in [3.8, 4) is 17.1 Å². The third-order valence-electron chi connectivity index (χ3n) is 9.00. The summed E-state index contributed by atoms with van der Waals surface area (Å²) in [6.07, 6.45) is 1.70. The van der Waals surface area contributed by atoms with Gasteiger partial charge in [-0.15, -0.1) is 0 Å². The first kappa shape index (κ1) is 45.0. The first-order chi connectivity index (χ1) is 27.1. The first-order valence-corrected chi connectivity index (χ1v) is 18.6. The van der Waals surface area contributed by atoms with Crippen molar-refractivity contribution in [1.82, 2.24) is 26.3 Å². The molecule has 0 bridgehead atoms. The van der Waals surface area contributed by atoms with Crippen molar-refractivity contribution in [1.29, 1.82) is 0 Å². The minimum Gasteiger partial charge on any atom is -0.493 e. The van der Waals surface area contributed by atoms with Crippen LogP contribution in [-0.2, 0) is 29.6 Å². The highest BCUT2D eigenvalue weighted by atomic mass is 16.7. The number of hydrogen-bond donors (Lipinski definition) is 6. The molecule has 3 unspecified atom stereocenters. The van der Waals surface area contributed by atoms with Gasteiger partial charge in [-0.05, 0) is 63.4 Å². The highest BCUT2D eigenvalue weighted by Crippen LogP contribution is 2.30. The second-order valence-corrected chi connectivity index (χ2v) is 13.5. The van der Waals surface area contributed by atoms with E-state index in [9.17, 15) is 38.7 Å². The van der Waals surface area contributed by atoms with Gasteiger partial charge in [0, 0.05) is 5.56 Å². The molecule has 0 aliphatic rings. The molecule has 0 saturated carbocycles. The number of hydrogen-bond acceptors (Lipinski definition) is 10. The highest BCUT2D eigenvalue weighted by Gasteiger charge is 2.34. The number of nitrogens with zero attached hydrogens (tertiary/aromatic N) is 1. The summed E-state index contributed by atoms with van der Waals surface area (Å²) >= 11 is 0. The van der Waals surface area contributed by atoms with Gasteiger partial charge in [0.1, 0.15) is 17.6 Å². The average molecular weight is 794 g/mol. The molecular weight excluding hydrogens is 742 g/mol. The van der Waals surface area contributed by atoms with Crippen LogP contribution in [-0.4, -0.2) is 82.8 Å². The van der Waals surface area contributed by atoms with E-state index in [4.69, 9.17) is 19.1 Å². The van der Waals surface area contributed by atoms with Crippen LogP contribution in [0.15, 0.2) is 65.1 Å². The summed E-state index contributed by atoms with van der Waals surface area (Å²) in [7, 11) is 0. The van der Waals surface area contributed by atoms with Crippen LogP contribution in [0.1, 0.15) is 99.6 Å². The summed E-state index contributed by atoms with van der Waals surface area (Å²) in [5, 5.41) is 29.4. The Labute approximate surface area is 330 Å². The largest absolute Gasteiger partial charge is 0.493 e. The minimum atomic E-state index is -1.67. The smallest absolute Gasteiger partial charge is 0.432 e. The molecule has 308 valence electrons. The van der Waals surface area contributed by atoms with Crippen molar-refractivity contribution in [3.63, 3.8) is 0 Å². The number of ether oxygens (including phenoxy) is 1. The number of carbonyl (C=O) groups excluding carboxylic acids is 5. The number of unbranched alkanes of at least 4 members (excludes halogenated alkanes) is 2. The molecule has 6 N–H and O–H groups in total. The minimum absolute atomic E-state index is 0.0473. The highest BCUT2D eigenvalue weighted by molar-refractivity contribution is 6.00. The lowest BCUT2D eigenvalue weighted by molar-refractivity contribution is -0.169. The zero-order chi connectivity index (χ0) is 42.1. The second-order valence-electron chi connectivity index (χ2n) is 13.5. The van der Waals surface area contributed by atoms with Gasteiger partial charge in [0.25, 0.3) is 11.8 Å². The molecule has 0 fully saturated rings. The van der Waals surface area contributed by atoms with E-state index in [0.717, 1.165) is 23.5 Å². The van der Waals surface area contributed by atoms with E-state index in [1.807, 2.05) is 37.3 Å². The molecular formula is C40H51N5O12. The summed E-state index contributed by atoms with van der Waals surface area (Å²) in [6, 6.07) is 13.9. The second kappa shape index (κ2) is 21.6. The average Bonchev–Trinajstić information content (AvgIpc) is 3.67. The molecule has 5 amide bonds. The number of carboxylic acid groups (broad SMARTS) is 2. The molecule has 3 rings (SSSR count). The molecule has 1 aromatic heterocycles. The Hall–Kier alpha value is -6.39. The standard InChI is InChI=1S/C40H51N5O12/c1-6-9-11-16-27(30(7-2)45(24-46)57-39(54)44-40(4,5)26-14-12-10-13-15-26)35(49)41-23-42-37(51)32-20-19-31(56-32)25-17-18-28(33(21-25)55-8-3)36(50)43-29(38(52)53)22-34(47)48/h10,12-15,17-21,24,27,29-30H,6-9,11,16,22-23H2,1-5H3,(H,41,49)(H,42,51)(H,43,50)(H,44,54)(H,47,48)(H,52,53). The topological polar surface area (TPSA) is 243 Å². The maximum atomic E-state index is 13.6. The molecule has 0 radical (unpaired) electrons. The number of rotatable bonds is 23. The molecule has 0 saturated heterocycles. The van der Waals surface area contributed by atoms with Crippen LogP contribution >= 0.6 is 0 Å². The number of aliphatic carboxylic acids is 2. The fourth-order valence-corrected chi connectivity index (χ4v) is 6.02. The van der Waals surface area contributed by atoms with Gasteiger partial charge in [-0.2, -0.15) is 5.06 Å². The predicted molar refractivity (Wildman–Crippen MR) is 206 cm³/mol. The van der Waals surface area contributed by atoms with Gasteiger partial charge in [0.05, 0.1) is 42.8 Å². The van der Waals surface area contributed by atoms with Crippen LogP contribution in [0.4, 0.5) is 4.79 Å².